The minimum atomic E-state index is -5.62. The first-order valence-corrected chi connectivity index (χ1v) is 5.59. The number of hydrogen-bond acceptors (Lipinski definition) is 1. The Morgan fingerprint density at radius 1 is 0.850 bits per heavy atom. The lowest BCUT2D eigenvalue weighted by molar-refractivity contribution is -0.289. The molecule has 2 rings (SSSR count). The van der Waals surface area contributed by atoms with Crippen LogP contribution in [0.1, 0.15) is 5.56 Å². The molecule has 0 aliphatic rings. The molecule has 1 N–H and O–H groups in total. The number of anilines is 2. The number of hydrogen-bond donors (Lipinski definition) is 1. The molecule has 2 aromatic rings. The zero-order chi connectivity index (χ0) is 14.8. The van der Waals surface area contributed by atoms with Crippen LogP contribution in [0.25, 0.3) is 0 Å². The normalized spacial score (nSPS) is 12.2. The molecule has 20 heavy (non-hydrogen) atoms. The highest BCUT2D eigenvalue weighted by molar-refractivity contribution is 5.60. The van der Waals surface area contributed by atoms with Gasteiger partial charge >= 0.3 is 12.1 Å². The molecule has 6 heteroatoms. The molecule has 0 atom stereocenters. The van der Waals surface area contributed by atoms with Gasteiger partial charge in [0.25, 0.3) is 0 Å². The van der Waals surface area contributed by atoms with Crippen molar-refractivity contribution in [2.24, 2.45) is 0 Å². The first kappa shape index (κ1) is 14.3. The molecule has 0 saturated heterocycles. The van der Waals surface area contributed by atoms with Gasteiger partial charge in [-0.3, -0.25) is 0 Å². The van der Waals surface area contributed by atoms with E-state index in [9.17, 15) is 22.0 Å². The Hall–Kier alpha value is -2.11. The number of rotatable bonds is 3. The second-order valence-electron chi connectivity index (χ2n) is 4.07. The van der Waals surface area contributed by atoms with Gasteiger partial charge in [-0.15, -0.1) is 0 Å². The second-order valence-corrected chi connectivity index (χ2v) is 4.07. The van der Waals surface area contributed by atoms with Gasteiger partial charge in [-0.2, -0.15) is 22.0 Å². The molecule has 0 unspecified atom stereocenters. The van der Waals surface area contributed by atoms with E-state index in [-0.39, 0.29) is 5.69 Å². The average Bonchev–Trinajstić information content (AvgIpc) is 2.39. The third-order valence-corrected chi connectivity index (χ3v) is 2.59. The summed E-state index contributed by atoms with van der Waals surface area (Å²) in [5.41, 5.74) is -0.383. The number of nitrogens with one attached hydrogen (secondary N) is 1. The molecule has 0 aromatic heterocycles. The van der Waals surface area contributed by atoms with E-state index in [0.717, 1.165) is 18.2 Å². The van der Waals surface area contributed by atoms with E-state index in [2.05, 4.69) is 11.4 Å². The summed E-state index contributed by atoms with van der Waals surface area (Å²) < 4.78 is 63.4. The van der Waals surface area contributed by atoms with Gasteiger partial charge in [-0.25, -0.2) is 0 Å². The lowest BCUT2D eigenvalue weighted by atomic mass is 10.1. The van der Waals surface area contributed by atoms with Gasteiger partial charge in [0.05, 0.1) is 0 Å². The lowest BCUT2D eigenvalue weighted by Gasteiger charge is -2.20. The van der Waals surface area contributed by atoms with Crippen LogP contribution in [0, 0.1) is 6.07 Å². The van der Waals surface area contributed by atoms with Gasteiger partial charge in [-0.05, 0) is 30.3 Å². The SMILES string of the molecule is FC(F)(F)C(F)(F)c1cccc(Nc2cc[c]cc2)c1. The molecule has 0 amide bonds. The maximum atomic E-state index is 13.2. The fourth-order valence-corrected chi connectivity index (χ4v) is 1.59. The van der Waals surface area contributed by atoms with Crippen molar-refractivity contribution in [2.75, 3.05) is 5.32 Å². The van der Waals surface area contributed by atoms with Crippen LogP contribution in [0.5, 0.6) is 0 Å². The summed E-state index contributed by atoms with van der Waals surface area (Å²) in [6, 6.07) is 13.3. The third kappa shape index (κ3) is 2.89. The molecule has 1 nitrogen and oxygen atoms in total. The molecule has 0 aliphatic carbocycles. The molecule has 2 aromatic carbocycles. The molecule has 0 heterocycles. The Morgan fingerprint density at radius 2 is 1.50 bits per heavy atom. The third-order valence-electron chi connectivity index (χ3n) is 2.59. The molecule has 0 saturated carbocycles. The minimum Gasteiger partial charge on any atom is -0.356 e. The summed E-state index contributed by atoms with van der Waals surface area (Å²) in [6.45, 7) is 0. The van der Waals surface area contributed by atoms with Crippen molar-refractivity contribution in [1.82, 2.24) is 0 Å². The van der Waals surface area contributed by atoms with E-state index in [4.69, 9.17) is 0 Å². The van der Waals surface area contributed by atoms with Crippen molar-refractivity contribution >= 4 is 11.4 Å². The van der Waals surface area contributed by atoms with Crippen LogP contribution in [0.2, 0.25) is 0 Å². The van der Waals surface area contributed by atoms with Gasteiger partial charge in [0, 0.05) is 16.9 Å². The molecule has 0 bridgehead atoms. The Labute approximate surface area is 112 Å². The summed E-state index contributed by atoms with van der Waals surface area (Å²) in [7, 11) is 0. The fraction of sp³-hybridized carbons (Fsp3) is 0.143. The van der Waals surface area contributed by atoms with Crippen molar-refractivity contribution in [3.8, 4) is 0 Å². The predicted molar refractivity (Wildman–Crippen MR) is 65.0 cm³/mol. The van der Waals surface area contributed by atoms with E-state index >= 15 is 0 Å². The molecule has 0 spiro atoms. The smallest absolute Gasteiger partial charge is 0.356 e. The quantitative estimate of drug-likeness (QED) is 0.792. The summed E-state index contributed by atoms with van der Waals surface area (Å²) in [5.74, 6) is -4.88. The highest BCUT2D eigenvalue weighted by atomic mass is 19.4. The Balaban J connectivity index is 2.29. The molecule has 0 aliphatic heterocycles. The first-order valence-electron chi connectivity index (χ1n) is 5.59. The summed E-state index contributed by atoms with van der Waals surface area (Å²) in [4.78, 5) is 0. The van der Waals surface area contributed by atoms with E-state index in [1.807, 2.05) is 0 Å². The van der Waals surface area contributed by atoms with Crippen LogP contribution in [-0.2, 0) is 5.92 Å². The highest BCUT2D eigenvalue weighted by Crippen LogP contribution is 2.44. The van der Waals surface area contributed by atoms with Gasteiger partial charge in [0.1, 0.15) is 0 Å². The maximum Gasteiger partial charge on any atom is 0.458 e. The monoisotopic (exact) mass is 286 g/mol. The Kier molecular flexibility index (Phi) is 3.65. The standard InChI is InChI=1S/C14H9F5N/c15-13(16,14(17,18)19)10-5-4-8-12(9-10)20-11-6-2-1-3-7-11/h2-9,20H. The van der Waals surface area contributed by atoms with Crippen LogP contribution < -0.4 is 5.32 Å². The van der Waals surface area contributed by atoms with E-state index < -0.39 is 17.7 Å². The van der Waals surface area contributed by atoms with Crippen LogP contribution in [0.4, 0.5) is 33.3 Å². The first-order chi connectivity index (χ1) is 9.30. The molecular weight excluding hydrogens is 277 g/mol. The van der Waals surface area contributed by atoms with E-state index in [1.54, 1.807) is 24.3 Å². The zero-order valence-corrected chi connectivity index (χ0v) is 10.0. The van der Waals surface area contributed by atoms with Crippen LogP contribution in [0.15, 0.2) is 48.5 Å². The van der Waals surface area contributed by atoms with E-state index in [0.29, 0.717) is 5.69 Å². The van der Waals surface area contributed by atoms with Crippen LogP contribution in [-0.4, -0.2) is 6.18 Å². The summed E-state index contributed by atoms with van der Waals surface area (Å²) in [6.07, 6.45) is -5.62. The molecule has 1 radical (unpaired) electrons. The fourth-order valence-electron chi connectivity index (χ4n) is 1.59. The zero-order valence-electron chi connectivity index (χ0n) is 10.0. The Morgan fingerprint density at radius 3 is 2.10 bits per heavy atom. The maximum absolute atomic E-state index is 13.2. The minimum absolute atomic E-state index is 0.151. The summed E-state index contributed by atoms with van der Waals surface area (Å²) >= 11 is 0. The van der Waals surface area contributed by atoms with Crippen molar-refractivity contribution in [2.45, 2.75) is 12.1 Å². The number of halogens is 5. The molecule has 0 fully saturated rings. The molecule has 105 valence electrons. The average molecular weight is 286 g/mol. The van der Waals surface area contributed by atoms with Crippen molar-refractivity contribution in [3.63, 3.8) is 0 Å². The molecular formula is C14H9F5N. The van der Waals surface area contributed by atoms with E-state index in [1.165, 1.54) is 6.07 Å². The van der Waals surface area contributed by atoms with Gasteiger partial charge in [-0.1, -0.05) is 24.3 Å². The van der Waals surface area contributed by atoms with Gasteiger partial charge in [0.2, 0.25) is 0 Å². The largest absolute Gasteiger partial charge is 0.458 e. The van der Waals surface area contributed by atoms with Crippen molar-refractivity contribution in [1.29, 1.82) is 0 Å². The predicted octanol–water partition coefficient (Wildman–Crippen LogP) is 4.88. The van der Waals surface area contributed by atoms with Gasteiger partial charge < -0.3 is 5.32 Å². The van der Waals surface area contributed by atoms with Gasteiger partial charge in [0.15, 0.2) is 0 Å². The summed E-state index contributed by atoms with van der Waals surface area (Å²) in [5, 5.41) is 2.75. The Bertz CT molecular complexity index is 578. The topological polar surface area (TPSA) is 12.0 Å². The van der Waals surface area contributed by atoms with Crippen molar-refractivity contribution in [3.05, 3.63) is 60.2 Å². The lowest BCUT2D eigenvalue weighted by Crippen LogP contribution is -2.33. The number of alkyl halides is 5. The second kappa shape index (κ2) is 5.11. The van der Waals surface area contributed by atoms with Crippen molar-refractivity contribution < 1.29 is 22.0 Å². The van der Waals surface area contributed by atoms with Crippen LogP contribution in [0.3, 0.4) is 0 Å². The van der Waals surface area contributed by atoms with Crippen LogP contribution >= 0.6 is 0 Å². The number of benzene rings is 2. The highest BCUT2D eigenvalue weighted by Gasteiger charge is 2.58.